The predicted octanol–water partition coefficient (Wildman–Crippen LogP) is 1.94. The van der Waals surface area contributed by atoms with Crippen molar-refractivity contribution < 1.29 is 0 Å². The van der Waals surface area contributed by atoms with Gasteiger partial charge in [0, 0.05) is 12.2 Å². The number of aromatic nitrogens is 3. The van der Waals surface area contributed by atoms with Crippen LogP contribution in [0.4, 0.5) is 5.95 Å². The number of anilines is 1. The first-order chi connectivity index (χ1) is 9.33. The number of nitrogens with one attached hydrogen (secondary N) is 1. The molecule has 1 saturated heterocycles. The van der Waals surface area contributed by atoms with E-state index < -0.39 is 0 Å². The van der Waals surface area contributed by atoms with Gasteiger partial charge in [-0.05, 0) is 58.0 Å². The molecule has 102 valence electrons. The van der Waals surface area contributed by atoms with Gasteiger partial charge >= 0.3 is 0 Å². The van der Waals surface area contributed by atoms with E-state index in [4.69, 9.17) is 0 Å². The summed E-state index contributed by atoms with van der Waals surface area (Å²) in [7, 11) is 0. The number of nitrogens with zero attached hydrogens (tertiary/aromatic N) is 4. The molecule has 1 N–H and O–H groups in total. The maximum Gasteiger partial charge on any atom is 0.243 e. The average Bonchev–Trinajstić information content (AvgIpc) is 3.04. The van der Waals surface area contributed by atoms with Crippen LogP contribution >= 0.6 is 0 Å². The Hall–Kier alpha value is -1.62. The van der Waals surface area contributed by atoms with Gasteiger partial charge in [-0.2, -0.15) is 4.98 Å². The van der Waals surface area contributed by atoms with E-state index in [9.17, 15) is 0 Å². The van der Waals surface area contributed by atoms with Crippen LogP contribution < -0.4 is 5.32 Å². The summed E-state index contributed by atoms with van der Waals surface area (Å²) in [6, 6.07) is 6.03. The lowest BCUT2D eigenvalue weighted by Gasteiger charge is -2.13. The molecule has 0 unspecified atom stereocenters. The molecule has 0 aliphatic carbocycles. The Kier molecular flexibility index (Phi) is 3.64. The van der Waals surface area contributed by atoms with Crippen molar-refractivity contribution in [3.8, 4) is 0 Å². The number of pyridine rings is 1. The van der Waals surface area contributed by atoms with E-state index in [-0.39, 0.29) is 0 Å². The summed E-state index contributed by atoms with van der Waals surface area (Å²) in [5, 5.41) is 7.78. The minimum absolute atomic E-state index is 0.732. The average molecular weight is 259 g/mol. The summed E-state index contributed by atoms with van der Waals surface area (Å²) < 4.78 is 1.88. The maximum atomic E-state index is 4.47. The van der Waals surface area contributed by atoms with E-state index in [0.29, 0.717) is 0 Å². The molecule has 0 aromatic carbocycles. The fraction of sp³-hybridized carbons (Fsp3) is 0.571. The first-order valence-corrected chi connectivity index (χ1v) is 7.11. The van der Waals surface area contributed by atoms with Crippen molar-refractivity contribution in [1.82, 2.24) is 19.5 Å². The van der Waals surface area contributed by atoms with E-state index in [1.807, 2.05) is 29.6 Å². The van der Waals surface area contributed by atoms with Crippen LogP contribution in [0.3, 0.4) is 0 Å². The summed E-state index contributed by atoms with van der Waals surface area (Å²) in [6.45, 7) is 6.70. The molecule has 2 aromatic heterocycles. The Labute approximate surface area is 113 Å². The van der Waals surface area contributed by atoms with E-state index in [1.165, 1.54) is 32.5 Å². The summed E-state index contributed by atoms with van der Waals surface area (Å²) in [5.41, 5.74) is 2.01. The van der Waals surface area contributed by atoms with Crippen LogP contribution in [0.5, 0.6) is 0 Å². The van der Waals surface area contributed by atoms with Crippen LogP contribution in [0, 0.1) is 6.92 Å². The zero-order valence-corrected chi connectivity index (χ0v) is 11.5. The SMILES string of the molecule is Cc1cccc2nc(NCCCN3CCCC3)nn12. The second kappa shape index (κ2) is 5.57. The molecule has 0 atom stereocenters. The lowest BCUT2D eigenvalue weighted by atomic mass is 10.4. The highest BCUT2D eigenvalue weighted by molar-refractivity contribution is 5.44. The summed E-state index contributed by atoms with van der Waals surface area (Å²) in [4.78, 5) is 7.00. The van der Waals surface area contributed by atoms with E-state index >= 15 is 0 Å². The monoisotopic (exact) mass is 259 g/mol. The molecule has 0 bridgehead atoms. The highest BCUT2D eigenvalue weighted by Gasteiger charge is 2.10. The second-order valence-electron chi connectivity index (χ2n) is 5.20. The minimum Gasteiger partial charge on any atom is -0.353 e. The van der Waals surface area contributed by atoms with Crippen molar-refractivity contribution in [2.24, 2.45) is 0 Å². The predicted molar refractivity (Wildman–Crippen MR) is 76.5 cm³/mol. The Morgan fingerprint density at radius 1 is 1.26 bits per heavy atom. The standard InChI is InChI=1S/C14H21N5/c1-12-6-4-7-13-16-14(17-19(12)13)15-8-5-11-18-9-2-3-10-18/h4,6-7H,2-3,5,8-11H2,1H3,(H,15,17). The molecule has 0 radical (unpaired) electrons. The van der Waals surface area contributed by atoms with Gasteiger partial charge in [0.05, 0.1) is 0 Å². The molecular formula is C14H21N5. The van der Waals surface area contributed by atoms with Crippen LogP contribution in [-0.2, 0) is 0 Å². The molecule has 5 nitrogen and oxygen atoms in total. The number of fused-ring (bicyclic) bond motifs is 1. The molecule has 1 aliphatic heterocycles. The third-order valence-electron chi connectivity index (χ3n) is 3.68. The van der Waals surface area contributed by atoms with Crippen molar-refractivity contribution in [2.45, 2.75) is 26.2 Å². The van der Waals surface area contributed by atoms with Crippen LogP contribution in [0.2, 0.25) is 0 Å². The van der Waals surface area contributed by atoms with Gasteiger partial charge in [0.15, 0.2) is 5.65 Å². The minimum atomic E-state index is 0.732. The highest BCUT2D eigenvalue weighted by Crippen LogP contribution is 2.09. The Balaban J connectivity index is 1.52. The van der Waals surface area contributed by atoms with Crippen LogP contribution in [-0.4, -0.2) is 45.7 Å². The van der Waals surface area contributed by atoms with Crippen molar-refractivity contribution in [1.29, 1.82) is 0 Å². The van der Waals surface area contributed by atoms with E-state index in [0.717, 1.165) is 30.3 Å². The van der Waals surface area contributed by atoms with E-state index in [2.05, 4.69) is 20.3 Å². The highest BCUT2D eigenvalue weighted by atomic mass is 15.3. The quantitative estimate of drug-likeness (QED) is 0.833. The topological polar surface area (TPSA) is 45.5 Å². The van der Waals surface area contributed by atoms with Gasteiger partial charge in [-0.3, -0.25) is 0 Å². The van der Waals surface area contributed by atoms with Gasteiger partial charge in [0.25, 0.3) is 0 Å². The number of hydrogen-bond acceptors (Lipinski definition) is 4. The molecule has 1 aliphatic rings. The maximum absolute atomic E-state index is 4.47. The summed E-state index contributed by atoms with van der Waals surface area (Å²) in [5.74, 6) is 0.732. The van der Waals surface area contributed by atoms with Crippen molar-refractivity contribution in [2.75, 3.05) is 31.5 Å². The van der Waals surface area contributed by atoms with Gasteiger partial charge in [0.1, 0.15) is 0 Å². The molecular weight excluding hydrogens is 238 g/mol. The molecule has 2 aromatic rings. The molecule has 0 spiro atoms. The summed E-state index contributed by atoms with van der Waals surface area (Å²) >= 11 is 0. The summed E-state index contributed by atoms with van der Waals surface area (Å²) in [6.07, 6.45) is 3.87. The Morgan fingerprint density at radius 3 is 2.89 bits per heavy atom. The normalized spacial score (nSPS) is 16.3. The number of aryl methyl sites for hydroxylation is 1. The van der Waals surface area contributed by atoms with Gasteiger partial charge in [-0.15, -0.1) is 5.10 Å². The number of rotatable bonds is 5. The molecule has 19 heavy (non-hydrogen) atoms. The smallest absolute Gasteiger partial charge is 0.243 e. The number of likely N-dealkylation sites (tertiary alicyclic amines) is 1. The lowest BCUT2D eigenvalue weighted by molar-refractivity contribution is 0.337. The van der Waals surface area contributed by atoms with Crippen molar-refractivity contribution in [3.63, 3.8) is 0 Å². The third kappa shape index (κ3) is 2.87. The van der Waals surface area contributed by atoms with E-state index in [1.54, 1.807) is 0 Å². The Morgan fingerprint density at radius 2 is 2.11 bits per heavy atom. The zero-order valence-electron chi connectivity index (χ0n) is 11.5. The van der Waals surface area contributed by atoms with Crippen LogP contribution in [0.15, 0.2) is 18.2 Å². The van der Waals surface area contributed by atoms with Gasteiger partial charge in [0.2, 0.25) is 5.95 Å². The van der Waals surface area contributed by atoms with Gasteiger partial charge in [-0.25, -0.2) is 4.52 Å². The number of hydrogen-bond donors (Lipinski definition) is 1. The first-order valence-electron chi connectivity index (χ1n) is 7.11. The van der Waals surface area contributed by atoms with Gasteiger partial charge in [-0.1, -0.05) is 6.07 Å². The molecule has 0 amide bonds. The molecule has 3 rings (SSSR count). The third-order valence-corrected chi connectivity index (χ3v) is 3.68. The Bertz CT molecular complexity index is 542. The molecule has 0 saturated carbocycles. The first kappa shape index (κ1) is 12.4. The fourth-order valence-corrected chi connectivity index (χ4v) is 2.62. The molecule has 1 fully saturated rings. The second-order valence-corrected chi connectivity index (χ2v) is 5.20. The van der Waals surface area contributed by atoms with Crippen LogP contribution in [0.1, 0.15) is 25.0 Å². The van der Waals surface area contributed by atoms with Gasteiger partial charge < -0.3 is 10.2 Å². The van der Waals surface area contributed by atoms with Crippen molar-refractivity contribution in [3.05, 3.63) is 23.9 Å². The van der Waals surface area contributed by atoms with Crippen LogP contribution in [0.25, 0.3) is 5.65 Å². The lowest BCUT2D eigenvalue weighted by Crippen LogP contribution is -2.22. The van der Waals surface area contributed by atoms with Crippen molar-refractivity contribution >= 4 is 11.6 Å². The fourth-order valence-electron chi connectivity index (χ4n) is 2.62. The zero-order chi connectivity index (χ0) is 13.1. The largest absolute Gasteiger partial charge is 0.353 e. The molecule has 5 heteroatoms. The molecule has 3 heterocycles.